The van der Waals surface area contributed by atoms with Gasteiger partial charge in [0.25, 0.3) is 0 Å². The maximum absolute atomic E-state index is 12.4. The summed E-state index contributed by atoms with van der Waals surface area (Å²) < 4.78 is 5.77. The van der Waals surface area contributed by atoms with Crippen LogP contribution in [0.4, 0.5) is 5.00 Å². The average molecular weight is 457 g/mol. The maximum Gasteiger partial charge on any atom is 0.249 e. The fourth-order valence-electron chi connectivity index (χ4n) is 3.54. The van der Waals surface area contributed by atoms with E-state index in [9.17, 15) is 10.1 Å². The van der Waals surface area contributed by atoms with Gasteiger partial charge in [-0.15, -0.1) is 11.3 Å². The summed E-state index contributed by atoms with van der Waals surface area (Å²) in [6.07, 6.45) is 5.91. The van der Waals surface area contributed by atoms with Crippen molar-refractivity contribution < 1.29 is 9.21 Å². The van der Waals surface area contributed by atoms with Gasteiger partial charge >= 0.3 is 0 Å². The molecule has 0 saturated carbocycles. The molecule has 30 heavy (non-hydrogen) atoms. The van der Waals surface area contributed by atoms with Crippen LogP contribution in [0.5, 0.6) is 0 Å². The summed E-state index contributed by atoms with van der Waals surface area (Å²) in [4.78, 5) is 13.6. The number of furan rings is 1. The molecule has 2 heterocycles. The topological polar surface area (TPSA) is 66.0 Å². The van der Waals surface area contributed by atoms with E-state index in [-0.39, 0.29) is 5.91 Å². The first kappa shape index (κ1) is 20.7. The van der Waals surface area contributed by atoms with Crippen molar-refractivity contribution in [2.45, 2.75) is 26.2 Å². The molecule has 0 radical (unpaired) electrons. The second kappa shape index (κ2) is 8.69. The third-order valence-corrected chi connectivity index (χ3v) is 6.80. The molecule has 152 valence electrons. The van der Waals surface area contributed by atoms with Gasteiger partial charge in [0.2, 0.25) is 5.91 Å². The van der Waals surface area contributed by atoms with Crippen LogP contribution in [0.3, 0.4) is 0 Å². The summed E-state index contributed by atoms with van der Waals surface area (Å²) in [7, 11) is 0. The molecular formula is C23H18Cl2N2O2S. The minimum Gasteiger partial charge on any atom is -0.457 e. The number of carbonyl (C=O) groups excluding carboxylic acids is 1. The highest BCUT2D eigenvalue weighted by Gasteiger charge is 2.24. The predicted octanol–water partition coefficient (Wildman–Crippen LogP) is 6.96. The van der Waals surface area contributed by atoms with Crippen molar-refractivity contribution in [3.05, 3.63) is 68.2 Å². The van der Waals surface area contributed by atoms with E-state index in [2.05, 4.69) is 18.3 Å². The number of halogens is 2. The second-order valence-corrected chi connectivity index (χ2v) is 9.27. The van der Waals surface area contributed by atoms with Gasteiger partial charge in [-0.25, -0.2) is 0 Å². The minimum atomic E-state index is -0.305. The molecule has 3 aromatic rings. The first-order valence-electron chi connectivity index (χ1n) is 9.53. The fraction of sp³-hybridized carbons (Fsp3) is 0.217. The number of nitrogens with zero attached hydrogens (tertiary/aromatic N) is 1. The molecule has 1 aliphatic carbocycles. The minimum absolute atomic E-state index is 0.305. The van der Waals surface area contributed by atoms with Crippen LogP contribution in [0.25, 0.3) is 17.4 Å². The van der Waals surface area contributed by atoms with Crippen LogP contribution in [0, 0.1) is 17.2 Å². The molecule has 1 amide bonds. The van der Waals surface area contributed by atoms with Crippen molar-refractivity contribution in [2.75, 3.05) is 5.32 Å². The van der Waals surface area contributed by atoms with E-state index in [4.69, 9.17) is 27.6 Å². The van der Waals surface area contributed by atoms with Gasteiger partial charge < -0.3 is 9.73 Å². The van der Waals surface area contributed by atoms with Crippen molar-refractivity contribution in [3.8, 4) is 17.4 Å². The van der Waals surface area contributed by atoms with Crippen LogP contribution in [-0.4, -0.2) is 5.91 Å². The van der Waals surface area contributed by atoms with Crippen LogP contribution in [0.2, 0.25) is 10.0 Å². The number of benzene rings is 1. The highest BCUT2D eigenvalue weighted by Crippen LogP contribution is 2.39. The lowest BCUT2D eigenvalue weighted by molar-refractivity contribution is -0.111. The van der Waals surface area contributed by atoms with E-state index in [1.54, 1.807) is 36.4 Å². The summed E-state index contributed by atoms with van der Waals surface area (Å²) in [5.41, 5.74) is 2.42. The van der Waals surface area contributed by atoms with Crippen molar-refractivity contribution in [3.63, 3.8) is 0 Å². The maximum atomic E-state index is 12.4. The third kappa shape index (κ3) is 4.32. The Morgan fingerprint density at radius 3 is 2.93 bits per heavy atom. The second-order valence-electron chi connectivity index (χ2n) is 7.32. The molecule has 2 aromatic heterocycles. The number of thiophene rings is 1. The molecule has 0 aliphatic heterocycles. The van der Waals surface area contributed by atoms with E-state index in [0.29, 0.717) is 38.0 Å². The number of carbonyl (C=O) groups is 1. The lowest BCUT2D eigenvalue weighted by Gasteiger charge is -2.17. The van der Waals surface area contributed by atoms with Crippen molar-refractivity contribution in [1.82, 2.24) is 0 Å². The van der Waals surface area contributed by atoms with Crippen LogP contribution < -0.4 is 5.32 Å². The summed E-state index contributed by atoms with van der Waals surface area (Å²) in [5.74, 6) is 1.41. The number of amides is 1. The van der Waals surface area contributed by atoms with Crippen LogP contribution >= 0.6 is 34.5 Å². The molecule has 0 fully saturated rings. The zero-order valence-corrected chi connectivity index (χ0v) is 18.5. The standard InChI is InChI=1S/C23H18Cl2N2O2S/c1-13-2-6-16-18(12-26)23(30-21(16)10-13)27-22(28)9-5-15-4-8-20(29-15)17-7-3-14(24)11-19(17)25/h3-5,7-9,11,13H,2,6,10H2,1H3,(H,27,28)/b9-5+. The Labute approximate surface area is 188 Å². The van der Waals surface area contributed by atoms with Crippen LogP contribution in [0.15, 0.2) is 40.8 Å². The summed E-state index contributed by atoms with van der Waals surface area (Å²) in [6, 6.07) is 11.0. The molecule has 0 saturated heterocycles. The number of anilines is 1. The average Bonchev–Trinajstić information content (AvgIpc) is 3.30. The van der Waals surface area contributed by atoms with E-state index < -0.39 is 0 Å². The number of hydrogen-bond acceptors (Lipinski definition) is 4. The van der Waals surface area contributed by atoms with Crippen molar-refractivity contribution >= 4 is 51.5 Å². The number of fused-ring (bicyclic) bond motifs is 1. The highest BCUT2D eigenvalue weighted by molar-refractivity contribution is 7.16. The first-order chi connectivity index (χ1) is 14.4. The largest absolute Gasteiger partial charge is 0.457 e. The number of nitriles is 1. The molecule has 7 heteroatoms. The molecule has 4 nitrogen and oxygen atoms in total. The Bertz CT molecular complexity index is 1190. The highest BCUT2D eigenvalue weighted by atomic mass is 35.5. The Hall–Kier alpha value is -2.52. The predicted molar refractivity (Wildman–Crippen MR) is 122 cm³/mol. The molecule has 4 rings (SSSR count). The molecule has 1 unspecified atom stereocenters. The monoisotopic (exact) mass is 456 g/mol. The SMILES string of the molecule is CC1CCc2c(sc(NC(=O)/C=C/c3ccc(-c4ccc(Cl)cc4Cl)o3)c2C#N)C1. The number of hydrogen-bond donors (Lipinski definition) is 1. The van der Waals surface area contributed by atoms with E-state index in [1.807, 2.05) is 0 Å². The number of rotatable bonds is 4. The molecule has 1 N–H and O–H groups in total. The normalized spacial score (nSPS) is 15.7. The van der Waals surface area contributed by atoms with Crippen molar-refractivity contribution in [2.24, 2.45) is 5.92 Å². The van der Waals surface area contributed by atoms with Crippen LogP contribution in [0.1, 0.15) is 35.1 Å². The lowest BCUT2D eigenvalue weighted by atomic mass is 9.89. The number of nitrogens with one attached hydrogen (secondary N) is 1. The van der Waals surface area contributed by atoms with Crippen molar-refractivity contribution in [1.29, 1.82) is 5.26 Å². The molecular weight excluding hydrogens is 439 g/mol. The summed E-state index contributed by atoms with van der Waals surface area (Å²) in [6.45, 7) is 2.21. The first-order valence-corrected chi connectivity index (χ1v) is 11.1. The van der Waals surface area contributed by atoms with Gasteiger partial charge in [-0.3, -0.25) is 4.79 Å². The molecule has 0 spiro atoms. The molecule has 0 bridgehead atoms. The third-order valence-electron chi connectivity index (χ3n) is 5.08. The zero-order chi connectivity index (χ0) is 21.3. The quantitative estimate of drug-likeness (QED) is 0.431. The van der Waals surface area contributed by atoms with Gasteiger partial charge in [-0.2, -0.15) is 5.26 Å². The molecule has 1 atom stereocenters. The van der Waals surface area contributed by atoms with Gasteiger partial charge in [-0.1, -0.05) is 30.1 Å². The van der Waals surface area contributed by atoms with Crippen LogP contribution in [-0.2, 0) is 17.6 Å². The van der Waals surface area contributed by atoms with Gasteiger partial charge in [0, 0.05) is 21.5 Å². The van der Waals surface area contributed by atoms with E-state index >= 15 is 0 Å². The van der Waals surface area contributed by atoms with Gasteiger partial charge in [-0.05, 0) is 67.2 Å². The Balaban J connectivity index is 1.48. The fourth-order valence-corrected chi connectivity index (χ4v) is 5.41. The lowest BCUT2D eigenvalue weighted by Crippen LogP contribution is -2.10. The Morgan fingerprint density at radius 1 is 1.33 bits per heavy atom. The smallest absolute Gasteiger partial charge is 0.249 e. The van der Waals surface area contributed by atoms with Gasteiger partial charge in [0.05, 0.1) is 10.6 Å². The van der Waals surface area contributed by atoms with Gasteiger partial charge in [0.15, 0.2) is 0 Å². The van der Waals surface area contributed by atoms with Gasteiger partial charge in [0.1, 0.15) is 22.6 Å². The summed E-state index contributed by atoms with van der Waals surface area (Å²) >= 11 is 13.7. The Morgan fingerprint density at radius 2 is 2.17 bits per heavy atom. The van der Waals surface area contributed by atoms with E-state index in [0.717, 1.165) is 30.4 Å². The molecule has 1 aliphatic rings. The van der Waals surface area contributed by atoms with E-state index in [1.165, 1.54) is 22.3 Å². The zero-order valence-electron chi connectivity index (χ0n) is 16.2. The summed E-state index contributed by atoms with van der Waals surface area (Å²) in [5, 5.41) is 14.1. The Kier molecular flexibility index (Phi) is 6.01. The molecule has 1 aromatic carbocycles.